The number of phosphoric acid groups is 2. The van der Waals surface area contributed by atoms with Crippen molar-refractivity contribution in [3.05, 3.63) is 0 Å². The Hall–Kier alpha value is -2.75. The fraction of sp³-hybridized carbons (Fsp3) is 0.940. The van der Waals surface area contributed by atoms with Crippen LogP contribution in [0.25, 0.3) is 0 Å². The summed E-state index contributed by atoms with van der Waals surface area (Å²) < 4.78 is 71.3. The van der Waals surface area contributed by atoms with Gasteiger partial charge < -0.3 is 102 Å². The molecular formula is C84H156N2O24P2-4. The normalized spacial score (nSPS) is 21.3. The van der Waals surface area contributed by atoms with Crippen molar-refractivity contribution in [2.24, 2.45) is 0 Å². The number of hydrogen-bond donors (Lipinski definition) is 7. The van der Waals surface area contributed by atoms with Gasteiger partial charge >= 0.3 is 17.9 Å². The maximum Gasteiger partial charge on any atom is 0.308 e. The van der Waals surface area contributed by atoms with Crippen LogP contribution in [0.15, 0.2) is 0 Å². The van der Waals surface area contributed by atoms with Gasteiger partial charge in [-0.1, -0.05) is 336 Å². The molecule has 0 aliphatic carbocycles. The third-order valence-corrected chi connectivity index (χ3v) is 22.5. The highest BCUT2D eigenvalue weighted by atomic mass is 31.2. The maximum atomic E-state index is 14.6. The summed E-state index contributed by atoms with van der Waals surface area (Å²) in [6.07, 6.45) is 26.4. The molecule has 112 heavy (non-hydrogen) atoms. The molecule has 14 atom stereocenters. The number of rotatable bonds is 75. The van der Waals surface area contributed by atoms with Crippen molar-refractivity contribution < 1.29 is 116 Å². The second kappa shape index (κ2) is 67.1. The zero-order valence-electron chi connectivity index (χ0n) is 69.9. The van der Waals surface area contributed by atoms with E-state index in [-0.39, 0.29) is 32.1 Å². The van der Waals surface area contributed by atoms with Gasteiger partial charge in [0.05, 0.1) is 72.9 Å². The van der Waals surface area contributed by atoms with Crippen molar-refractivity contribution in [3.8, 4) is 0 Å². The zero-order chi connectivity index (χ0) is 82.5. The standard InChI is InChI=1S/C84H160N2O24P2/c1-6-11-16-21-26-31-32-33-34-39-44-49-54-59-74(93)104-69(58-53-48-43-38-30-25-20-15-10-5)63-73(92)86-77-81(107-75(94)61-67(89)56-51-46-41-36-28-23-18-13-8-3)79(96)71(106-84(77)110-112(100,101)102)65-103-83-78(85-72(91)60-66(88)55-50-45-40-35-27-22-17-12-7-2)82(80(70(64-87)105-83)109-111(97,98)99)108-76(95)62-68(90)57-52-47-42-37-29-24-19-14-9-4/h66-71,77-84,87-90,96H,6-65H2,1-5H3,(H,85,91)(H,86,92)(H2,97,98,99)(H2,100,101,102)/p-4/t66-,67-,68-,69-,70-,71-,77-,78-,79-,80-,81-,82-,83-,84-/m1/s1. The Bertz CT molecular complexity index is 2450. The monoisotopic (exact) mass is 1640 g/mol. The zero-order valence-corrected chi connectivity index (χ0v) is 71.7. The molecule has 0 spiro atoms. The minimum atomic E-state index is -6.19. The van der Waals surface area contributed by atoms with Crippen molar-refractivity contribution in [2.45, 2.75) is 493 Å². The van der Waals surface area contributed by atoms with Gasteiger partial charge in [0.15, 0.2) is 24.8 Å². The molecule has 7 N–H and O–H groups in total. The number of nitrogens with one attached hydrogen (secondary N) is 2. The first-order valence-electron chi connectivity index (χ1n) is 44.7. The molecule has 2 fully saturated rings. The largest absolute Gasteiger partial charge is 0.790 e. The Morgan fingerprint density at radius 2 is 0.688 bits per heavy atom. The van der Waals surface area contributed by atoms with Crippen LogP contribution in [0, 0.1) is 0 Å². The average molecular weight is 1640 g/mol. The molecule has 0 unspecified atom stereocenters. The number of hydrogen-bond acceptors (Lipinski definition) is 24. The predicted molar refractivity (Wildman–Crippen MR) is 425 cm³/mol. The number of carbonyl (C=O) groups is 5. The first-order chi connectivity index (χ1) is 53.9. The van der Waals surface area contributed by atoms with Gasteiger partial charge in [0.1, 0.15) is 42.6 Å². The van der Waals surface area contributed by atoms with E-state index in [4.69, 9.17) is 37.5 Å². The van der Waals surface area contributed by atoms with Crippen LogP contribution in [0.3, 0.4) is 0 Å². The van der Waals surface area contributed by atoms with Gasteiger partial charge in [-0.15, -0.1) is 0 Å². The smallest absolute Gasteiger partial charge is 0.308 e. The minimum absolute atomic E-state index is 0.0926. The van der Waals surface area contributed by atoms with Crippen LogP contribution in [0.4, 0.5) is 0 Å². The summed E-state index contributed by atoms with van der Waals surface area (Å²) in [6.45, 7) is 8.60. The van der Waals surface area contributed by atoms with E-state index >= 15 is 0 Å². The van der Waals surface area contributed by atoms with Crippen LogP contribution < -0.4 is 30.2 Å². The van der Waals surface area contributed by atoms with Crippen molar-refractivity contribution in [1.82, 2.24) is 10.6 Å². The van der Waals surface area contributed by atoms with Crippen LogP contribution in [0.5, 0.6) is 0 Å². The lowest BCUT2D eigenvalue weighted by Crippen LogP contribution is -2.68. The van der Waals surface area contributed by atoms with E-state index in [1.165, 1.54) is 57.8 Å². The summed E-state index contributed by atoms with van der Waals surface area (Å²) in [7, 11) is -12.3. The van der Waals surface area contributed by atoms with Crippen molar-refractivity contribution in [2.75, 3.05) is 13.2 Å². The van der Waals surface area contributed by atoms with E-state index in [0.29, 0.717) is 32.1 Å². The number of esters is 3. The lowest BCUT2D eigenvalue weighted by atomic mass is 9.95. The summed E-state index contributed by atoms with van der Waals surface area (Å²) >= 11 is 0. The Morgan fingerprint density at radius 3 is 1.05 bits per heavy atom. The van der Waals surface area contributed by atoms with Crippen LogP contribution in [-0.4, -0.2) is 154 Å². The quantitative estimate of drug-likeness (QED) is 0.0129. The molecule has 2 heterocycles. The number of phosphoric ester groups is 2. The van der Waals surface area contributed by atoms with Gasteiger partial charge in [-0.25, -0.2) is 0 Å². The Kier molecular flexibility index (Phi) is 63.1. The van der Waals surface area contributed by atoms with Gasteiger partial charge in [0, 0.05) is 6.42 Å². The molecule has 2 rings (SSSR count). The summed E-state index contributed by atoms with van der Waals surface area (Å²) in [5.41, 5.74) is 0. The first-order valence-corrected chi connectivity index (χ1v) is 47.6. The summed E-state index contributed by atoms with van der Waals surface area (Å²) in [6, 6.07) is -3.98. The molecule has 2 aliphatic heterocycles. The molecule has 0 aromatic rings. The van der Waals surface area contributed by atoms with Gasteiger partial charge in [0.2, 0.25) is 11.8 Å². The Balaban J connectivity index is 2.64. The second-order valence-electron chi connectivity index (χ2n) is 32.1. The number of unbranched alkanes of at least 4 members (excludes halogenated alkanes) is 44. The van der Waals surface area contributed by atoms with E-state index in [1.54, 1.807) is 0 Å². The van der Waals surface area contributed by atoms with Crippen molar-refractivity contribution in [3.63, 3.8) is 0 Å². The van der Waals surface area contributed by atoms with Gasteiger partial charge in [-0.05, 0) is 38.5 Å². The first kappa shape index (κ1) is 105. The molecule has 2 aliphatic rings. The molecule has 2 saturated heterocycles. The predicted octanol–water partition coefficient (Wildman–Crippen LogP) is 14.4. The molecule has 26 nitrogen and oxygen atoms in total. The SMILES string of the molecule is CCCCCCCCCCCCCCCC(=O)O[C@H](CCCCCCCCCCC)CC(=O)N[C@H]1[C@@H](OP(=O)([O-])[O-])O[C@H](CO[C@@H]2O[C@H](CO)[C@@H](OP(=O)([O-])[O-])[C@H](OC(=O)C[C@H](O)CCCCCCCCCCC)[C@H]2NC(=O)C[C@H](O)CCCCCCCCCCC)[C@@H](O)[C@@H]1OC(=O)C[C@H](O)CCCCCCCCCCC. The number of ether oxygens (including phenoxy) is 6. The lowest BCUT2D eigenvalue weighted by molar-refractivity contribution is -0.364. The second-order valence-corrected chi connectivity index (χ2v) is 34.3. The molecule has 0 saturated carbocycles. The van der Waals surface area contributed by atoms with Crippen LogP contribution in [0.1, 0.15) is 407 Å². The molecule has 0 aromatic heterocycles. The number of aliphatic hydroxyl groups excluding tert-OH is 5. The Morgan fingerprint density at radius 1 is 0.375 bits per heavy atom. The van der Waals surface area contributed by atoms with Gasteiger partial charge in [0.25, 0.3) is 0 Å². The summed E-state index contributed by atoms with van der Waals surface area (Å²) in [4.78, 5) is 121. The maximum absolute atomic E-state index is 14.6. The highest BCUT2D eigenvalue weighted by Gasteiger charge is 2.53. The summed E-state index contributed by atoms with van der Waals surface area (Å²) in [5, 5.41) is 62.0. The molecular weight excluding hydrogens is 1480 g/mol. The van der Waals surface area contributed by atoms with Crippen molar-refractivity contribution >= 4 is 45.4 Å². The van der Waals surface area contributed by atoms with Crippen LogP contribution >= 0.6 is 15.6 Å². The average Bonchev–Trinajstić information content (AvgIpc) is 0.781. The number of aliphatic hydroxyl groups is 5. The van der Waals surface area contributed by atoms with E-state index in [0.717, 1.165) is 225 Å². The van der Waals surface area contributed by atoms with Gasteiger partial charge in [-0.3, -0.25) is 24.0 Å². The fourth-order valence-corrected chi connectivity index (χ4v) is 16.0. The van der Waals surface area contributed by atoms with E-state index in [9.17, 15) is 78.2 Å². The molecule has 2 amide bonds. The number of amides is 2. The van der Waals surface area contributed by atoms with Crippen LogP contribution in [0.2, 0.25) is 0 Å². The summed E-state index contributed by atoms with van der Waals surface area (Å²) in [5.74, 6) is -4.71. The highest BCUT2D eigenvalue weighted by Crippen LogP contribution is 2.39. The van der Waals surface area contributed by atoms with E-state index < -0.39 is 170 Å². The van der Waals surface area contributed by atoms with Gasteiger partial charge in [-0.2, -0.15) is 0 Å². The van der Waals surface area contributed by atoms with Crippen molar-refractivity contribution in [1.29, 1.82) is 0 Å². The minimum Gasteiger partial charge on any atom is -0.790 e. The molecule has 28 heteroatoms. The molecule has 0 radical (unpaired) electrons. The Labute approximate surface area is 674 Å². The van der Waals surface area contributed by atoms with Crippen LogP contribution in [-0.2, 0) is 70.6 Å². The third kappa shape index (κ3) is 54.4. The third-order valence-electron chi connectivity index (χ3n) is 21.6. The molecule has 0 aromatic carbocycles. The topological polar surface area (TPSA) is 411 Å². The highest BCUT2D eigenvalue weighted by molar-refractivity contribution is 7.43. The molecule has 660 valence electrons. The number of carbonyl (C=O) groups excluding carboxylic acids is 5. The molecule has 0 bridgehead atoms. The van der Waals surface area contributed by atoms with E-state index in [1.807, 2.05) is 0 Å². The van der Waals surface area contributed by atoms with E-state index in [2.05, 4.69) is 45.3 Å². The lowest BCUT2D eigenvalue weighted by Gasteiger charge is -2.49. The fourth-order valence-electron chi connectivity index (χ4n) is 15.0.